The summed E-state index contributed by atoms with van der Waals surface area (Å²) < 4.78 is 1.17. The molecule has 1 nitrogen and oxygen atoms in total. The second kappa shape index (κ2) is 6.01. The first-order valence-corrected chi connectivity index (χ1v) is 7.37. The molecule has 0 spiro atoms. The van der Waals surface area contributed by atoms with Crippen LogP contribution in [0.3, 0.4) is 0 Å². The zero-order valence-corrected chi connectivity index (χ0v) is 12.6. The van der Waals surface area contributed by atoms with Gasteiger partial charge in [0.25, 0.3) is 0 Å². The Labute approximate surface area is 119 Å². The van der Waals surface area contributed by atoms with E-state index in [0.717, 1.165) is 11.6 Å². The molecule has 1 aromatic carbocycles. The van der Waals surface area contributed by atoms with Crippen molar-refractivity contribution in [1.82, 2.24) is 5.32 Å². The molecule has 4 heteroatoms. The molecule has 17 heavy (non-hydrogen) atoms. The Morgan fingerprint density at radius 3 is 2.82 bits per heavy atom. The lowest BCUT2D eigenvalue weighted by Crippen LogP contribution is -2.16. The van der Waals surface area contributed by atoms with E-state index in [4.69, 9.17) is 11.6 Å². The zero-order valence-electron chi connectivity index (χ0n) is 9.41. The van der Waals surface area contributed by atoms with Gasteiger partial charge in [-0.15, -0.1) is 11.3 Å². The van der Waals surface area contributed by atoms with E-state index in [-0.39, 0.29) is 0 Å². The standard InChI is InChI=1S/C13H13BrClNS/c1-9(12-5-6-13(14)17-12)16-8-10-3-2-4-11(15)7-10/h2-7,9,16H,8H2,1H3. The Hall–Kier alpha value is -0.350. The molecule has 1 aromatic heterocycles. The summed E-state index contributed by atoms with van der Waals surface area (Å²) in [4.78, 5) is 1.33. The Morgan fingerprint density at radius 2 is 2.18 bits per heavy atom. The van der Waals surface area contributed by atoms with Crippen LogP contribution in [0.25, 0.3) is 0 Å². The van der Waals surface area contributed by atoms with Gasteiger partial charge >= 0.3 is 0 Å². The maximum absolute atomic E-state index is 5.95. The molecule has 0 amide bonds. The van der Waals surface area contributed by atoms with Gasteiger partial charge < -0.3 is 5.32 Å². The molecule has 2 aromatic rings. The minimum atomic E-state index is 0.352. The maximum Gasteiger partial charge on any atom is 0.0701 e. The van der Waals surface area contributed by atoms with Crippen LogP contribution in [0.1, 0.15) is 23.4 Å². The molecule has 1 atom stereocenters. The second-order valence-corrected chi connectivity index (χ2v) is 6.81. The minimum Gasteiger partial charge on any atom is -0.305 e. The SMILES string of the molecule is CC(NCc1cccc(Cl)c1)c1ccc(Br)s1. The van der Waals surface area contributed by atoms with Gasteiger partial charge in [0, 0.05) is 22.5 Å². The van der Waals surface area contributed by atoms with Gasteiger partial charge in [-0.1, -0.05) is 23.7 Å². The smallest absolute Gasteiger partial charge is 0.0701 e. The van der Waals surface area contributed by atoms with Crippen molar-refractivity contribution in [1.29, 1.82) is 0 Å². The first-order chi connectivity index (χ1) is 8.15. The van der Waals surface area contributed by atoms with Crippen LogP contribution < -0.4 is 5.32 Å². The largest absolute Gasteiger partial charge is 0.305 e. The first kappa shape index (κ1) is 13.1. The van der Waals surface area contributed by atoms with Crippen LogP contribution >= 0.6 is 38.9 Å². The molecule has 0 saturated carbocycles. The Kier molecular flexibility index (Phi) is 4.62. The molecule has 0 radical (unpaired) electrons. The molecule has 1 heterocycles. The van der Waals surface area contributed by atoms with Crippen LogP contribution in [0.15, 0.2) is 40.2 Å². The van der Waals surface area contributed by atoms with E-state index < -0.39 is 0 Å². The summed E-state index contributed by atoms with van der Waals surface area (Å²) in [7, 11) is 0. The highest BCUT2D eigenvalue weighted by Gasteiger charge is 2.07. The van der Waals surface area contributed by atoms with Gasteiger partial charge in [0.05, 0.1) is 3.79 Å². The number of thiophene rings is 1. The number of nitrogens with one attached hydrogen (secondary N) is 1. The number of halogens is 2. The molecule has 0 saturated heterocycles. The van der Waals surface area contributed by atoms with Crippen LogP contribution in [0, 0.1) is 0 Å². The molecule has 0 fully saturated rings. The fourth-order valence-electron chi connectivity index (χ4n) is 1.58. The number of benzene rings is 1. The third kappa shape index (κ3) is 3.81. The van der Waals surface area contributed by atoms with Crippen LogP contribution in [0.2, 0.25) is 5.02 Å². The van der Waals surface area contributed by atoms with Crippen LogP contribution in [0.5, 0.6) is 0 Å². The molecule has 90 valence electrons. The van der Waals surface area contributed by atoms with E-state index in [2.05, 4.69) is 46.4 Å². The van der Waals surface area contributed by atoms with Crippen molar-refractivity contribution in [3.63, 3.8) is 0 Å². The average molecular weight is 331 g/mol. The van der Waals surface area contributed by atoms with Crippen molar-refractivity contribution >= 4 is 38.9 Å². The fourth-order valence-corrected chi connectivity index (χ4v) is 3.24. The van der Waals surface area contributed by atoms with Crippen LogP contribution in [0.4, 0.5) is 0 Å². The van der Waals surface area contributed by atoms with E-state index in [0.29, 0.717) is 6.04 Å². The van der Waals surface area contributed by atoms with Crippen molar-refractivity contribution in [3.8, 4) is 0 Å². The van der Waals surface area contributed by atoms with Crippen molar-refractivity contribution in [3.05, 3.63) is 55.6 Å². The Balaban J connectivity index is 1.94. The lowest BCUT2D eigenvalue weighted by Gasteiger charge is -2.12. The van der Waals surface area contributed by atoms with E-state index in [9.17, 15) is 0 Å². The van der Waals surface area contributed by atoms with Crippen molar-refractivity contribution in [2.45, 2.75) is 19.5 Å². The van der Waals surface area contributed by atoms with Gasteiger partial charge in [-0.05, 0) is 52.7 Å². The van der Waals surface area contributed by atoms with E-state index in [1.54, 1.807) is 11.3 Å². The average Bonchev–Trinajstić information content (AvgIpc) is 2.73. The number of hydrogen-bond acceptors (Lipinski definition) is 2. The molecular formula is C13H13BrClNS. The minimum absolute atomic E-state index is 0.352. The molecular weight excluding hydrogens is 318 g/mol. The highest BCUT2D eigenvalue weighted by atomic mass is 79.9. The van der Waals surface area contributed by atoms with Gasteiger partial charge in [-0.3, -0.25) is 0 Å². The Bertz CT molecular complexity index is 498. The predicted octanol–water partition coefficient (Wildman–Crippen LogP) is 5.01. The summed E-state index contributed by atoms with van der Waals surface area (Å²) in [6, 6.07) is 12.5. The summed E-state index contributed by atoms with van der Waals surface area (Å²) in [6.07, 6.45) is 0. The summed E-state index contributed by atoms with van der Waals surface area (Å²) in [5, 5.41) is 4.27. The summed E-state index contributed by atoms with van der Waals surface area (Å²) >= 11 is 11.2. The van der Waals surface area contributed by atoms with E-state index in [1.807, 2.05) is 18.2 Å². The molecule has 0 bridgehead atoms. The third-order valence-corrected chi connectivity index (χ3v) is 4.56. The van der Waals surface area contributed by atoms with Gasteiger partial charge in [0.15, 0.2) is 0 Å². The second-order valence-electron chi connectivity index (χ2n) is 3.87. The van der Waals surface area contributed by atoms with Gasteiger partial charge in [-0.25, -0.2) is 0 Å². The highest BCUT2D eigenvalue weighted by molar-refractivity contribution is 9.11. The van der Waals surface area contributed by atoms with E-state index in [1.165, 1.54) is 14.2 Å². The number of rotatable bonds is 4. The highest BCUT2D eigenvalue weighted by Crippen LogP contribution is 2.27. The molecule has 0 aliphatic heterocycles. The Morgan fingerprint density at radius 1 is 1.35 bits per heavy atom. The lowest BCUT2D eigenvalue weighted by molar-refractivity contribution is 0.583. The summed E-state index contributed by atoms with van der Waals surface area (Å²) in [6.45, 7) is 3.00. The first-order valence-electron chi connectivity index (χ1n) is 5.38. The predicted molar refractivity (Wildman–Crippen MR) is 78.7 cm³/mol. The molecule has 1 N–H and O–H groups in total. The van der Waals surface area contributed by atoms with Gasteiger partial charge in [0.2, 0.25) is 0 Å². The number of hydrogen-bond donors (Lipinski definition) is 1. The normalized spacial score (nSPS) is 12.6. The summed E-state index contributed by atoms with van der Waals surface area (Å²) in [5.41, 5.74) is 1.21. The van der Waals surface area contributed by atoms with Crippen molar-refractivity contribution in [2.24, 2.45) is 0 Å². The molecule has 0 aliphatic carbocycles. The third-order valence-electron chi connectivity index (χ3n) is 2.52. The summed E-state index contributed by atoms with van der Waals surface area (Å²) in [5.74, 6) is 0. The van der Waals surface area contributed by atoms with E-state index >= 15 is 0 Å². The maximum atomic E-state index is 5.95. The topological polar surface area (TPSA) is 12.0 Å². The fraction of sp³-hybridized carbons (Fsp3) is 0.231. The molecule has 2 rings (SSSR count). The van der Waals surface area contributed by atoms with Gasteiger partial charge in [-0.2, -0.15) is 0 Å². The monoisotopic (exact) mass is 329 g/mol. The van der Waals surface area contributed by atoms with Crippen molar-refractivity contribution in [2.75, 3.05) is 0 Å². The lowest BCUT2D eigenvalue weighted by atomic mass is 10.2. The van der Waals surface area contributed by atoms with Crippen LogP contribution in [-0.2, 0) is 6.54 Å². The van der Waals surface area contributed by atoms with Crippen molar-refractivity contribution < 1.29 is 0 Å². The quantitative estimate of drug-likeness (QED) is 0.830. The molecule has 1 unspecified atom stereocenters. The molecule has 0 aliphatic rings. The van der Waals surface area contributed by atoms with Gasteiger partial charge in [0.1, 0.15) is 0 Å². The van der Waals surface area contributed by atoms with Crippen LogP contribution in [-0.4, -0.2) is 0 Å². The zero-order chi connectivity index (χ0) is 12.3.